The Labute approximate surface area is 148 Å². The van der Waals surface area contributed by atoms with Gasteiger partial charge >= 0.3 is 0 Å². The van der Waals surface area contributed by atoms with Gasteiger partial charge < -0.3 is 14.0 Å². The van der Waals surface area contributed by atoms with Gasteiger partial charge in [-0.2, -0.15) is 0 Å². The first-order chi connectivity index (χ1) is 11.5. The fourth-order valence-electron chi connectivity index (χ4n) is 2.49. The van der Waals surface area contributed by atoms with E-state index in [9.17, 15) is 13.0 Å². The van der Waals surface area contributed by atoms with Gasteiger partial charge in [-0.1, -0.05) is 22.4 Å². The molecule has 0 aliphatic carbocycles. The maximum atomic E-state index is 10.8. The SMILES string of the molecule is COCOc1cc(C)c[n+](N)c1.Cc1cc(C)c(S(=O)(=O)[O-])c(C)c1. The third-order valence-corrected chi connectivity index (χ3v) is 4.34. The van der Waals surface area contributed by atoms with Gasteiger partial charge in [0.15, 0.2) is 12.5 Å². The molecule has 0 atom stereocenters. The van der Waals surface area contributed by atoms with Gasteiger partial charge in [-0.05, 0) is 44.9 Å². The number of aromatic nitrogens is 1. The van der Waals surface area contributed by atoms with Crippen LogP contribution in [0.5, 0.6) is 5.75 Å². The van der Waals surface area contributed by atoms with Crippen LogP contribution in [0.2, 0.25) is 0 Å². The second kappa shape index (κ2) is 8.80. The summed E-state index contributed by atoms with van der Waals surface area (Å²) in [6.45, 7) is 7.31. The van der Waals surface area contributed by atoms with Crippen molar-refractivity contribution in [1.29, 1.82) is 0 Å². The van der Waals surface area contributed by atoms with E-state index in [0.717, 1.165) is 11.1 Å². The molecule has 2 N–H and O–H groups in total. The maximum Gasteiger partial charge on any atom is 0.241 e. The van der Waals surface area contributed by atoms with Crippen LogP contribution in [0.15, 0.2) is 35.5 Å². The van der Waals surface area contributed by atoms with Gasteiger partial charge in [-0.25, -0.2) is 14.3 Å². The van der Waals surface area contributed by atoms with Crippen molar-refractivity contribution >= 4 is 10.1 Å². The third-order valence-electron chi connectivity index (χ3n) is 3.20. The minimum absolute atomic E-state index is 0.0851. The van der Waals surface area contributed by atoms with Crippen molar-refractivity contribution in [3.05, 3.63) is 52.8 Å². The standard InChI is InChI=1S/C9H12O3S.C8H13N2O2/c1-6-4-7(2)9(8(3)5-6)13(10,11)12;1-7-3-8(12-6-11-2)5-10(9)4-7/h4-5H,1-3H3,(H,10,11,12);3-5H,6,9H2,1-2H3/q;+1/p-1. The highest BCUT2D eigenvalue weighted by Gasteiger charge is 2.09. The van der Waals surface area contributed by atoms with Crippen molar-refractivity contribution in [1.82, 2.24) is 0 Å². The number of pyridine rings is 1. The van der Waals surface area contributed by atoms with E-state index in [2.05, 4.69) is 0 Å². The monoisotopic (exact) mass is 368 g/mol. The molecule has 0 radical (unpaired) electrons. The number of methoxy groups -OCH3 is 1. The lowest BCUT2D eigenvalue weighted by Gasteiger charge is -2.14. The van der Waals surface area contributed by atoms with E-state index in [1.807, 2.05) is 19.9 Å². The van der Waals surface area contributed by atoms with Crippen molar-refractivity contribution in [3.8, 4) is 5.75 Å². The summed E-state index contributed by atoms with van der Waals surface area (Å²) < 4.78 is 43.9. The molecule has 0 bridgehead atoms. The van der Waals surface area contributed by atoms with Crippen LogP contribution in [0.3, 0.4) is 0 Å². The summed E-state index contributed by atoms with van der Waals surface area (Å²) in [5.74, 6) is 6.23. The van der Waals surface area contributed by atoms with Gasteiger partial charge in [-0.15, -0.1) is 0 Å². The summed E-state index contributed by atoms with van der Waals surface area (Å²) in [5, 5.41) is 0. The molecular weight excluding hydrogens is 344 g/mol. The Balaban J connectivity index is 0.000000251. The van der Waals surface area contributed by atoms with E-state index in [4.69, 9.17) is 15.3 Å². The topological polar surface area (TPSA) is 106 Å². The number of nitrogens with zero attached hydrogens (tertiary/aromatic N) is 1. The fourth-order valence-corrected chi connectivity index (χ4v) is 3.39. The Kier molecular flexibility index (Phi) is 7.35. The highest BCUT2D eigenvalue weighted by molar-refractivity contribution is 7.85. The molecule has 0 saturated heterocycles. The van der Waals surface area contributed by atoms with Gasteiger partial charge in [0.2, 0.25) is 12.4 Å². The third kappa shape index (κ3) is 6.69. The molecule has 0 aliphatic rings. The number of hydrogen-bond acceptors (Lipinski definition) is 6. The van der Waals surface area contributed by atoms with Crippen LogP contribution < -0.4 is 15.3 Å². The van der Waals surface area contributed by atoms with Crippen molar-refractivity contribution in [3.63, 3.8) is 0 Å². The molecule has 7 nitrogen and oxygen atoms in total. The van der Waals surface area contributed by atoms with E-state index in [1.165, 1.54) is 4.68 Å². The van der Waals surface area contributed by atoms with Crippen molar-refractivity contribution in [2.75, 3.05) is 19.7 Å². The van der Waals surface area contributed by atoms with E-state index in [1.54, 1.807) is 45.5 Å². The summed E-state index contributed by atoms with van der Waals surface area (Å²) in [4.78, 5) is -0.0851. The van der Waals surface area contributed by atoms with E-state index in [-0.39, 0.29) is 11.7 Å². The Hall–Kier alpha value is -2.16. The van der Waals surface area contributed by atoms with Crippen LogP contribution in [0.4, 0.5) is 0 Å². The molecule has 2 rings (SSSR count). The zero-order valence-corrected chi connectivity index (χ0v) is 15.9. The molecule has 138 valence electrons. The zero-order chi connectivity index (χ0) is 19.2. The molecule has 0 unspecified atom stereocenters. The molecule has 0 spiro atoms. The number of rotatable bonds is 4. The van der Waals surface area contributed by atoms with Crippen LogP contribution in [0.25, 0.3) is 0 Å². The highest BCUT2D eigenvalue weighted by Crippen LogP contribution is 2.20. The lowest BCUT2D eigenvalue weighted by atomic mass is 10.1. The Morgan fingerprint density at radius 3 is 2.04 bits per heavy atom. The van der Waals surface area contributed by atoms with E-state index >= 15 is 0 Å². The second-order valence-corrected chi connectivity index (χ2v) is 7.05. The van der Waals surface area contributed by atoms with E-state index < -0.39 is 10.1 Å². The minimum atomic E-state index is -4.33. The maximum absolute atomic E-state index is 10.8. The first-order valence-corrected chi connectivity index (χ1v) is 8.89. The number of aryl methyl sites for hydroxylation is 4. The number of nitrogens with two attached hydrogens (primary N) is 1. The summed E-state index contributed by atoms with van der Waals surface area (Å²) in [6.07, 6.45) is 3.49. The summed E-state index contributed by atoms with van der Waals surface area (Å²) in [7, 11) is -2.76. The zero-order valence-electron chi connectivity index (χ0n) is 15.1. The summed E-state index contributed by atoms with van der Waals surface area (Å²) >= 11 is 0. The predicted molar refractivity (Wildman–Crippen MR) is 92.6 cm³/mol. The van der Waals surface area contributed by atoms with Gasteiger partial charge in [0.05, 0.1) is 4.90 Å². The van der Waals surface area contributed by atoms with Crippen LogP contribution in [-0.4, -0.2) is 26.9 Å². The van der Waals surface area contributed by atoms with Gasteiger partial charge in [0.25, 0.3) is 0 Å². The average Bonchev–Trinajstić information content (AvgIpc) is 2.42. The molecule has 0 amide bonds. The lowest BCUT2D eigenvalue weighted by molar-refractivity contribution is -0.639. The predicted octanol–water partition coefficient (Wildman–Crippen LogP) is 1.49. The smallest absolute Gasteiger partial charge is 0.241 e. The number of hydrogen-bond donors (Lipinski definition) is 1. The molecular formula is C17H24N2O5S. The second-order valence-electron chi connectivity index (χ2n) is 5.73. The van der Waals surface area contributed by atoms with Gasteiger partial charge in [-0.3, -0.25) is 0 Å². The quantitative estimate of drug-likeness (QED) is 0.379. The molecule has 25 heavy (non-hydrogen) atoms. The van der Waals surface area contributed by atoms with Gasteiger partial charge in [0.1, 0.15) is 10.1 Å². The lowest BCUT2D eigenvalue weighted by Crippen LogP contribution is -2.43. The molecule has 1 heterocycles. The first kappa shape index (κ1) is 20.9. The van der Waals surface area contributed by atoms with Crippen molar-refractivity contribution in [2.24, 2.45) is 0 Å². The highest BCUT2D eigenvalue weighted by atomic mass is 32.2. The first-order valence-electron chi connectivity index (χ1n) is 7.48. The Morgan fingerprint density at radius 2 is 1.60 bits per heavy atom. The molecule has 8 heteroatoms. The summed E-state index contributed by atoms with van der Waals surface area (Å²) in [6, 6.07) is 5.28. The number of nitrogen functional groups attached to an aromatic ring is 1. The molecule has 0 aliphatic heterocycles. The fraction of sp³-hybridized carbons (Fsp3) is 0.353. The van der Waals surface area contributed by atoms with Crippen LogP contribution in [0.1, 0.15) is 22.3 Å². The van der Waals surface area contributed by atoms with Crippen LogP contribution in [0, 0.1) is 27.7 Å². The average molecular weight is 368 g/mol. The Morgan fingerprint density at radius 1 is 1.04 bits per heavy atom. The number of ether oxygens (including phenoxy) is 2. The minimum Gasteiger partial charge on any atom is -0.744 e. The molecule has 0 fully saturated rings. The molecule has 1 aromatic carbocycles. The normalized spacial score (nSPS) is 10.8. The largest absolute Gasteiger partial charge is 0.744 e. The van der Waals surface area contributed by atoms with Crippen molar-refractivity contribution in [2.45, 2.75) is 32.6 Å². The van der Waals surface area contributed by atoms with Crippen LogP contribution >= 0.6 is 0 Å². The van der Waals surface area contributed by atoms with Crippen molar-refractivity contribution < 1.29 is 27.1 Å². The number of benzene rings is 1. The molecule has 0 saturated carbocycles. The summed E-state index contributed by atoms with van der Waals surface area (Å²) in [5.41, 5.74) is 3.05. The molecule has 2 aromatic rings. The van der Waals surface area contributed by atoms with Crippen LogP contribution in [-0.2, 0) is 14.9 Å². The molecule has 1 aromatic heterocycles. The van der Waals surface area contributed by atoms with Gasteiger partial charge in [0, 0.05) is 12.7 Å². The van der Waals surface area contributed by atoms with E-state index in [0.29, 0.717) is 16.9 Å². The Bertz CT molecular complexity index is 792.